The summed E-state index contributed by atoms with van der Waals surface area (Å²) >= 11 is 1.36. The van der Waals surface area contributed by atoms with Gasteiger partial charge in [-0.1, -0.05) is 72.8 Å². The average molecular weight is 658 g/mol. The second-order valence-corrected chi connectivity index (χ2v) is 12.1. The average Bonchev–Trinajstić information content (AvgIpc) is 3.10. The number of aryl methyl sites for hydroxylation is 2. The summed E-state index contributed by atoms with van der Waals surface area (Å²) in [6.45, 7) is 3.92. The molecule has 5 aromatic rings. The monoisotopic (exact) mass is 657 g/mol. The van der Waals surface area contributed by atoms with Crippen LogP contribution in [0.25, 0.3) is 6.08 Å². The Bertz CT molecular complexity index is 1940. The van der Waals surface area contributed by atoms with Crippen LogP contribution in [0.2, 0.25) is 0 Å². The molecular weight excluding hydrogens is 623 g/mol. The smallest absolute Gasteiger partial charge is 0.272 e. The second kappa shape index (κ2) is 15.7. The van der Waals surface area contributed by atoms with Gasteiger partial charge in [0.1, 0.15) is 22.4 Å². The Morgan fingerprint density at radius 2 is 1.44 bits per heavy atom. The van der Waals surface area contributed by atoms with E-state index < -0.39 is 17.1 Å². The van der Waals surface area contributed by atoms with Crippen LogP contribution in [-0.2, 0) is 9.59 Å². The van der Waals surface area contributed by atoms with Crippen molar-refractivity contribution in [2.24, 2.45) is 0 Å². The fourth-order valence-electron chi connectivity index (χ4n) is 5.00. The highest BCUT2D eigenvalue weighted by Gasteiger charge is 2.24. The minimum atomic E-state index is -0.585. The third-order valence-electron chi connectivity index (χ3n) is 7.46. The number of phenolic OH excluding ortho intramolecular Hbond substituents is 1. The largest absolute Gasteiger partial charge is 0.508 e. The van der Waals surface area contributed by atoms with Gasteiger partial charge in [0.25, 0.3) is 11.8 Å². The Labute approximate surface area is 283 Å². The van der Waals surface area contributed by atoms with Crippen molar-refractivity contribution < 1.29 is 24.2 Å². The van der Waals surface area contributed by atoms with E-state index in [0.717, 1.165) is 27.3 Å². The van der Waals surface area contributed by atoms with Gasteiger partial charge in [0.05, 0.1) is 7.11 Å². The number of anilines is 2. The second-order valence-electron chi connectivity index (χ2n) is 11.0. The van der Waals surface area contributed by atoms with E-state index in [9.17, 15) is 19.5 Å². The number of thioether (sulfide) groups is 1. The normalized spacial score (nSPS) is 11.7. The molecule has 3 amide bonds. The quantitative estimate of drug-likeness (QED) is 0.0848. The maximum absolute atomic E-state index is 13.8. The third-order valence-corrected chi connectivity index (χ3v) is 8.71. The highest BCUT2D eigenvalue weighted by molar-refractivity contribution is 8.00. The third kappa shape index (κ3) is 8.51. The zero-order valence-electron chi connectivity index (χ0n) is 26.7. The molecule has 0 aliphatic heterocycles. The predicted molar refractivity (Wildman–Crippen MR) is 191 cm³/mol. The number of amides is 3. The van der Waals surface area contributed by atoms with Crippen molar-refractivity contribution in [3.05, 3.63) is 155 Å². The van der Waals surface area contributed by atoms with E-state index in [1.165, 1.54) is 37.1 Å². The SMILES string of the molecule is COc1cc(O)ccc1/C=C(/NC(=O)c1ccccc1)C(=O)Nc1cccc(SC(C(=O)Nc2c(C)cccc2C)c2ccccc2)c1. The van der Waals surface area contributed by atoms with Gasteiger partial charge in [0, 0.05) is 33.5 Å². The lowest BCUT2D eigenvalue weighted by atomic mass is 10.1. The van der Waals surface area contributed by atoms with Gasteiger partial charge >= 0.3 is 0 Å². The number of benzene rings is 5. The molecule has 1 unspecified atom stereocenters. The van der Waals surface area contributed by atoms with Gasteiger partial charge in [0.15, 0.2) is 0 Å². The lowest BCUT2D eigenvalue weighted by molar-refractivity contribution is -0.116. The van der Waals surface area contributed by atoms with Crippen LogP contribution in [0.4, 0.5) is 11.4 Å². The van der Waals surface area contributed by atoms with Crippen LogP contribution < -0.4 is 20.7 Å². The van der Waals surface area contributed by atoms with E-state index in [0.29, 0.717) is 22.6 Å². The zero-order valence-corrected chi connectivity index (χ0v) is 27.5. The molecule has 8 nitrogen and oxygen atoms in total. The van der Waals surface area contributed by atoms with E-state index in [4.69, 9.17) is 4.74 Å². The lowest BCUT2D eigenvalue weighted by Gasteiger charge is -2.19. The molecule has 48 heavy (non-hydrogen) atoms. The van der Waals surface area contributed by atoms with Crippen molar-refractivity contribution >= 4 is 46.9 Å². The molecule has 0 bridgehead atoms. The predicted octanol–water partition coefficient (Wildman–Crippen LogP) is 7.90. The number of para-hydroxylation sites is 1. The molecule has 0 aliphatic carbocycles. The maximum atomic E-state index is 13.8. The van der Waals surface area contributed by atoms with Gasteiger partial charge in [-0.2, -0.15) is 0 Å². The van der Waals surface area contributed by atoms with Crippen molar-refractivity contribution in [1.29, 1.82) is 0 Å². The molecule has 0 saturated carbocycles. The van der Waals surface area contributed by atoms with Gasteiger partial charge in [0.2, 0.25) is 5.91 Å². The number of methoxy groups -OCH3 is 1. The molecular formula is C39H35N3O5S. The minimum Gasteiger partial charge on any atom is -0.508 e. The molecule has 5 aromatic carbocycles. The van der Waals surface area contributed by atoms with E-state index >= 15 is 0 Å². The number of hydrogen-bond acceptors (Lipinski definition) is 6. The summed E-state index contributed by atoms with van der Waals surface area (Å²) in [7, 11) is 1.45. The Morgan fingerprint density at radius 1 is 0.771 bits per heavy atom. The highest BCUT2D eigenvalue weighted by atomic mass is 32.2. The number of hydrogen-bond donors (Lipinski definition) is 4. The molecule has 0 radical (unpaired) electrons. The molecule has 0 heterocycles. The molecule has 0 aliphatic rings. The summed E-state index contributed by atoms with van der Waals surface area (Å²) in [5, 5.41) is 18.1. The van der Waals surface area contributed by atoms with Crippen LogP contribution in [-0.4, -0.2) is 29.9 Å². The van der Waals surface area contributed by atoms with Crippen LogP contribution in [0.15, 0.2) is 132 Å². The maximum Gasteiger partial charge on any atom is 0.272 e. The lowest BCUT2D eigenvalue weighted by Crippen LogP contribution is -2.30. The standard InChI is InChI=1S/C39H35N3O5S/c1-25-12-10-13-26(2)35(25)42-39(46)36(27-14-6-4-7-15-27)48-32-19-11-18-30(23-32)40-38(45)33(41-37(44)28-16-8-5-9-17-28)22-29-20-21-31(43)24-34(29)47-3/h4-24,36,43H,1-3H3,(H,40,45)(H,41,44)(H,42,46)/b33-22+. The molecule has 0 saturated heterocycles. The molecule has 0 spiro atoms. The van der Waals surface area contributed by atoms with Crippen LogP contribution in [0.5, 0.6) is 11.5 Å². The Morgan fingerprint density at radius 3 is 2.12 bits per heavy atom. The summed E-state index contributed by atoms with van der Waals surface area (Å²) in [6.07, 6.45) is 1.48. The van der Waals surface area contributed by atoms with Gasteiger partial charge in [-0.05, 0) is 79.1 Å². The van der Waals surface area contributed by atoms with Gasteiger partial charge in [-0.15, -0.1) is 11.8 Å². The number of aromatic hydroxyl groups is 1. The van der Waals surface area contributed by atoms with Crippen molar-refractivity contribution in [2.75, 3.05) is 17.7 Å². The van der Waals surface area contributed by atoms with Gasteiger partial charge in [-0.3, -0.25) is 14.4 Å². The van der Waals surface area contributed by atoms with Crippen LogP contribution in [0, 0.1) is 13.8 Å². The van der Waals surface area contributed by atoms with Crippen molar-refractivity contribution in [3.63, 3.8) is 0 Å². The van der Waals surface area contributed by atoms with E-state index in [-0.39, 0.29) is 17.4 Å². The fourth-order valence-corrected chi connectivity index (χ4v) is 6.08. The van der Waals surface area contributed by atoms with Gasteiger partial charge < -0.3 is 25.8 Å². The topological polar surface area (TPSA) is 117 Å². The molecule has 0 aromatic heterocycles. The summed E-state index contributed by atoms with van der Waals surface area (Å²) in [5.74, 6) is -0.911. The first-order chi connectivity index (χ1) is 23.2. The molecule has 9 heteroatoms. The summed E-state index contributed by atoms with van der Waals surface area (Å²) in [5.41, 5.74) is 4.82. The Hall–Kier alpha value is -5.80. The molecule has 0 fully saturated rings. The zero-order chi connectivity index (χ0) is 34.0. The first-order valence-electron chi connectivity index (χ1n) is 15.2. The number of rotatable bonds is 11. The summed E-state index contributed by atoms with van der Waals surface area (Å²) in [4.78, 5) is 41.4. The van der Waals surface area contributed by atoms with Crippen LogP contribution >= 0.6 is 11.8 Å². The number of carbonyl (C=O) groups is 3. The van der Waals surface area contributed by atoms with Crippen molar-refractivity contribution in [3.8, 4) is 11.5 Å². The summed E-state index contributed by atoms with van der Waals surface area (Å²) in [6, 6.07) is 35.6. The molecule has 1 atom stereocenters. The van der Waals surface area contributed by atoms with Crippen molar-refractivity contribution in [1.82, 2.24) is 5.32 Å². The molecule has 242 valence electrons. The van der Waals surface area contributed by atoms with E-state index in [2.05, 4.69) is 16.0 Å². The number of ether oxygens (including phenoxy) is 1. The van der Waals surface area contributed by atoms with Gasteiger partial charge in [-0.25, -0.2) is 0 Å². The fraction of sp³-hybridized carbons (Fsp3) is 0.103. The first-order valence-corrected chi connectivity index (χ1v) is 16.0. The van der Waals surface area contributed by atoms with Crippen LogP contribution in [0.1, 0.15) is 37.9 Å². The molecule has 4 N–H and O–H groups in total. The van der Waals surface area contributed by atoms with Crippen LogP contribution in [0.3, 0.4) is 0 Å². The first kappa shape index (κ1) is 33.6. The Balaban J connectivity index is 1.41. The molecule has 5 rings (SSSR count). The Kier molecular flexibility index (Phi) is 11.0. The highest BCUT2D eigenvalue weighted by Crippen LogP contribution is 2.38. The minimum absolute atomic E-state index is 0.00540. The van der Waals surface area contributed by atoms with E-state index in [1.54, 1.807) is 54.6 Å². The number of carbonyl (C=O) groups excluding carboxylic acids is 3. The van der Waals surface area contributed by atoms with E-state index in [1.807, 2.05) is 68.4 Å². The number of phenols is 1. The number of nitrogens with one attached hydrogen (secondary N) is 3. The van der Waals surface area contributed by atoms with Crippen molar-refractivity contribution in [2.45, 2.75) is 24.0 Å². The summed E-state index contributed by atoms with van der Waals surface area (Å²) < 4.78 is 5.39.